The molecule has 0 bridgehead atoms. The summed E-state index contributed by atoms with van der Waals surface area (Å²) in [5.74, 6) is 1.50. The Morgan fingerprint density at radius 2 is 2.04 bits per heavy atom. The molecule has 1 N–H and O–H groups in total. The minimum atomic E-state index is -0.345. The first-order valence-electron chi connectivity index (χ1n) is 8.39. The van der Waals surface area contributed by atoms with Gasteiger partial charge in [-0.25, -0.2) is 0 Å². The lowest BCUT2D eigenvalue weighted by Crippen LogP contribution is -2.12. The van der Waals surface area contributed by atoms with Gasteiger partial charge in [0, 0.05) is 11.1 Å². The van der Waals surface area contributed by atoms with E-state index in [1.165, 1.54) is 0 Å². The first-order valence-corrected chi connectivity index (χ1v) is 8.39. The monoisotopic (exact) mass is 363 g/mol. The first kappa shape index (κ1) is 16.8. The van der Waals surface area contributed by atoms with Crippen molar-refractivity contribution in [1.82, 2.24) is 10.1 Å². The zero-order valence-corrected chi connectivity index (χ0v) is 14.9. The standard InChI is InChI=1S/C20H17N3O4/c1-12-21-18(27-23-12)11-13-6-3-4-8-15(13)22-20(24)17-10-14-7-5-9-16(25-2)19(14)26-17/h3-10H,11H2,1-2H3,(H,22,24). The number of carbonyl (C=O) groups excluding carboxylic acids is 1. The fourth-order valence-electron chi connectivity index (χ4n) is 2.86. The molecule has 7 heteroatoms. The molecule has 0 saturated carbocycles. The SMILES string of the molecule is COc1cccc2cc(C(=O)Nc3ccccc3Cc3nc(C)no3)oc12. The number of para-hydroxylation sites is 2. The van der Waals surface area contributed by atoms with Crippen molar-refractivity contribution in [2.24, 2.45) is 0 Å². The molecule has 1 amide bonds. The van der Waals surface area contributed by atoms with E-state index in [2.05, 4.69) is 15.5 Å². The maximum atomic E-state index is 12.7. The third kappa shape index (κ3) is 3.39. The number of rotatable bonds is 5. The number of hydrogen-bond acceptors (Lipinski definition) is 6. The molecule has 0 aliphatic heterocycles. The van der Waals surface area contributed by atoms with Crippen LogP contribution in [-0.4, -0.2) is 23.2 Å². The molecule has 0 aliphatic carbocycles. The Hall–Kier alpha value is -3.61. The van der Waals surface area contributed by atoms with Gasteiger partial charge >= 0.3 is 0 Å². The minimum Gasteiger partial charge on any atom is -0.493 e. The number of aromatic nitrogens is 2. The lowest BCUT2D eigenvalue weighted by molar-refractivity contribution is 0.0998. The van der Waals surface area contributed by atoms with Crippen molar-refractivity contribution >= 4 is 22.6 Å². The number of aryl methyl sites for hydroxylation is 1. The van der Waals surface area contributed by atoms with Gasteiger partial charge in [-0.1, -0.05) is 35.5 Å². The van der Waals surface area contributed by atoms with E-state index >= 15 is 0 Å². The van der Waals surface area contributed by atoms with E-state index in [1.54, 1.807) is 26.2 Å². The van der Waals surface area contributed by atoms with Crippen LogP contribution in [0.4, 0.5) is 5.69 Å². The van der Waals surface area contributed by atoms with E-state index in [0.717, 1.165) is 10.9 Å². The van der Waals surface area contributed by atoms with E-state index in [-0.39, 0.29) is 11.7 Å². The summed E-state index contributed by atoms with van der Waals surface area (Å²) in [6, 6.07) is 14.6. The number of nitrogens with zero attached hydrogens (tertiary/aromatic N) is 2. The van der Waals surface area contributed by atoms with E-state index in [1.807, 2.05) is 36.4 Å². The molecule has 7 nitrogen and oxygen atoms in total. The van der Waals surface area contributed by atoms with Crippen LogP contribution in [0.25, 0.3) is 11.0 Å². The van der Waals surface area contributed by atoms with Crippen LogP contribution in [0.15, 0.2) is 57.5 Å². The summed E-state index contributed by atoms with van der Waals surface area (Å²) in [6.45, 7) is 1.76. The Morgan fingerprint density at radius 1 is 1.19 bits per heavy atom. The lowest BCUT2D eigenvalue weighted by atomic mass is 10.1. The van der Waals surface area contributed by atoms with Crippen molar-refractivity contribution < 1.29 is 18.5 Å². The number of methoxy groups -OCH3 is 1. The Labute approximate surface area is 154 Å². The summed E-state index contributed by atoms with van der Waals surface area (Å²) in [5, 5.41) is 7.48. The zero-order valence-electron chi connectivity index (χ0n) is 14.9. The molecule has 0 spiro atoms. The van der Waals surface area contributed by atoms with E-state index in [4.69, 9.17) is 13.7 Å². The fraction of sp³-hybridized carbons (Fsp3) is 0.150. The molecule has 2 aromatic carbocycles. The van der Waals surface area contributed by atoms with Crippen LogP contribution in [0, 0.1) is 6.92 Å². The number of benzene rings is 2. The van der Waals surface area contributed by atoms with Crippen LogP contribution < -0.4 is 10.1 Å². The zero-order chi connectivity index (χ0) is 18.8. The average Bonchev–Trinajstić information content (AvgIpc) is 3.29. The summed E-state index contributed by atoms with van der Waals surface area (Å²) in [4.78, 5) is 16.9. The largest absolute Gasteiger partial charge is 0.493 e. The third-order valence-corrected chi connectivity index (χ3v) is 4.13. The summed E-state index contributed by atoms with van der Waals surface area (Å²) in [7, 11) is 1.56. The van der Waals surface area contributed by atoms with Crippen LogP contribution >= 0.6 is 0 Å². The van der Waals surface area contributed by atoms with Crippen LogP contribution in [-0.2, 0) is 6.42 Å². The Kier molecular flexibility index (Phi) is 4.33. The molecule has 0 saturated heterocycles. The van der Waals surface area contributed by atoms with Gasteiger partial charge in [-0.3, -0.25) is 4.79 Å². The lowest BCUT2D eigenvalue weighted by Gasteiger charge is -2.08. The molecule has 4 aromatic rings. The Balaban J connectivity index is 1.60. The van der Waals surface area contributed by atoms with Gasteiger partial charge in [0.15, 0.2) is 22.9 Å². The van der Waals surface area contributed by atoms with Gasteiger partial charge < -0.3 is 19.0 Å². The Bertz CT molecular complexity index is 1110. The highest BCUT2D eigenvalue weighted by Gasteiger charge is 2.17. The van der Waals surface area contributed by atoms with E-state index in [0.29, 0.717) is 35.2 Å². The number of anilines is 1. The predicted molar refractivity (Wildman–Crippen MR) is 99.0 cm³/mol. The number of carbonyl (C=O) groups is 1. The number of nitrogens with one attached hydrogen (secondary N) is 1. The first-order chi connectivity index (χ1) is 13.1. The van der Waals surface area contributed by atoms with Crippen molar-refractivity contribution in [2.45, 2.75) is 13.3 Å². The van der Waals surface area contributed by atoms with Gasteiger partial charge in [0.2, 0.25) is 5.89 Å². The van der Waals surface area contributed by atoms with Gasteiger partial charge in [-0.15, -0.1) is 0 Å². The predicted octanol–water partition coefficient (Wildman–Crippen LogP) is 3.98. The van der Waals surface area contributed by atoms with Crippen LogP contribution in [0.5, 0.6) is 5.75 Å². The average molecular weight is 363 g/mol. The van der Waals surface area contributed by atoms with Gasteiger partial charge in [-0.2, -0.15) is 4.98 Å². The maximum Gasteiger partial charge on any atom is 0.291 e. The maximum absolute atomic E-state index is 12.7. The smallest absolute Gasteiger partial charge is 0.291 e. The molecule has 0 radical (unpaired) electrons. The molecule has 0 fully saturated rings. The van der Waals surface area contributed by atoms with Gasteiger partial charge in [0.25, 0.3) is 5.91 Å². The fourth-order valence-corrected chi connectivity index (χ4v) is 2.86. The quantitative estimate of drug-likeness (QED) is 0.577. The number of ether oxygens (including phenoxy) is 1. The van der Waals surface area contributed by atoms with E-state index < -0.39 is 0 Å². The van der Waals surface area contributed by atoms with E-state index in [9.17, 15) is 4.79 Å². The molecule has 2 aromatic heterocycles. The second-order valence-electron chi connectivity index (χ2n) is 6.01. The Morgan fingerprint density at radius 3 is 2.81 bits per heavy atom. The molecule has 0 atom stereocenters. The minimum absolute atomic E-state index is 0.206. The summed E-state index contributed by atoms with van der Waals surface area (Å²) < 4.78 is 16.2. The van der Waals surface area contributed by atoms with Crippen molar-refractivity contribution in [3.05, 3.63) is 71.6 Å². The second-order valence-corrected chi connectivity index (χ2v) is 6.01. The highest BCUT2D eigenvalue weighted by Crippen LogP contribution is 2.29. The van der Waals surface area contributed by atoms with Crippen LogP contribution in [0.1, 0.15) is 27.8 Å². The molecule has 4 rings (SSSR count). The van der Waals surface area contributed by atoms with Gasteiger partial charge in [-0.05, 0) is 30.7 Å². The van der Waals surface area contributed by atoms with Crippen molar-refractivity contribution in [1.29, 1.82) is 0 Å². The molecule has 27 heavy (non-hydrogen) atoms. The number of amides is 1. The highest BCUT2D eigenvalue weighted by molar-refractivity contribution is 6.05. The molecule has 0 aliphatic rings. The molecule has 0 unspecified atom stereocenters. The molecule has 136 valence electrons. The summed E-state index contributed by atoms with van der Waals surface area (Å²) in [5.41, 5.74) is 2.06. The van der Waals surface area contributed by atoms with Gasteiger partial charge in [0.05, 0.1) is 13.5 Å². The number of fused-ring (bicyclic) bond motifs is 1. The number of furan rings is 1. The highest BCUT2D eigenvalue weighted by atomic mass is 16.5. The normalized spacial score (nSPS) is 10.9. The molecule has 2 heterocycles. The van der Waals surface area contributed by atoms with Crippen molar-refractivity contribution in [3.8, 4) is 5.75 Å². The molecular formula is C20H17N3O4. The van der Waals surface area contributed by atoms with Crippen LogP contribution in [0.3, 0.4) is 0 Å². The molecular weight excluding hydrogens is 346 g/mol. The second kappa shape index (κ2) is 6.95. The van der Waals surface area contributed by atoms with Gasteiger partial charge in [0.1, 0.15) is 0 Å². The third-order valence-electron chi connectivity index (χ3n) is 4.13. The number of hydrogen-bond donors (Lipinski definition) is 1. The summed E-state index contributed by atoms with van der Waals surface area (Å²) in [6.07, 6.45) is 0.422. The van der Waals surface area contributed by atoms with Crippen molar-refractivity contribution in [3.63, 3.8) is 0 Å². The topological polar surface area (TPSA) is 90.4 Å². The van der Waals surface area contributed by atoms with Crippen LogP contribution in [0.2, 0.25) is 0 Å². The van der Waals surface area contributed by atoms with Crippen molar-refractivity contribution in [2.75, 3.05) is 12.4 Å². The summed E-state index contributed by atoms with van der Waals surface area (Å²) >= 11 is 0.